The normalized spacial score (nSPS) is 31.0. The second kappa shape index (κ2) is 5.22. The molecule has 21 heavy (non-hydrogen) atoms. The van der Waals surface area contributed by atoms with Crippen LogP contribution in [0.15, 0.2) is 24.3 Å². The molecule has 1 aliphatic carbocycles. The van der Waals surface area contributed by atoms with Gasteiger partial charge in [0.15, 0.2) is 6.10 Å². The van der Waals surface area contributed by atoms with Gasteiger partial charge in [0.25, 0.3) is 5.91 Å². The van der Waals surface area contributed by atoms with Crippen molar-refractivity contribution in [2.75, 3.05) is 18.5 Å². The predicted molar refractivity (Wildman–Crippen MR) is 78.4 cm³/mol. The molecule has 3 atom stereocenters. The van der Waals surface area contributed by atoms with Crippen LogP contribution in [0.1, 0.15) is 19.3 Å². The largest absolute Gasteiger partial charge is 0.477 e. The van der Waals surface area contributed by atoms with Gasteiger partial charge in [0.05, 0.1) is 24.4 Å². The minimum Gasteiger partial charge on any atom is -0.477 e. The first kappa shape index (κ1) is 13.0. The molecular formula is C16H20N2O3. The maximum atomic E-state index is 12.4. The van der Waals surface area contributed by atoms with Crippen LogP contribution in [0.2, 0.25) is 0 Å². The molecule has 0 aromatic heterocycles. The number of ether oxygens (including phenoxy) is 2. The second-order valence-corrected chi connectivity index (χ2v) is 6.06. The number of benzene rings is 1. The lowest BCUT2D eigenvalue weighted by Crippen LogP contribution is -2.50. The minimum absolute atomic E-state index is 0.0434. The number of nitrogens with one attached hydrogen (secondary N) is 2. The Hall–Kier alpha value is -1.75. The summed E-state index contributed by atoms with van der Waals surface area (Å²) in [7, 11) is 0. The number of hydrogen-bond acceptors (Lipinski definition) is 4. The highest BCUT2D eigenvalue weighted by Gasteiger charge is 2.42. The Morgan fingerprint density at radius 2 is 2.10 bits per heavy atom. The molecule has 0 spiro atoms. The van der Waals surface area contributed by atoms with Crippen LogP contribution in [0, 0.1) is 5.92 Å². The van der Waals surface area contributed by atoms with Gasteiger partial charge in [0.2, 0.25) is 0 Å². The van der Waals surface area contributed by atoms with Crippen molar-refractivity contribution >= 4 is 11.6 Å². The molecule has 0 radical (unpaired) electrons. The van der Waals surface area contributed by atoms with Gasteiger partial charge in [-0.15, -0.1) is 0 Å². The highest BCUT2D eigenvalue weighted by atomic mass is 16.5. The third kappa shape index (κ3) is 2.58. The van der Waals surface area contributed by atoms with Crippen molar-refractivity contribution in [3.8, 4) is 5.75 Å². The van der Waals surface area contributed by atoms with Crippen molar-refractivity contribution in [1.82, 2.24) is 5.32 Å². The van der Waals surface area contributed by atoms with Crippen molar-refractivity contribution < 1.29 is 14.3 Å². The number of rotatable bonds is 3. The maximum absolute atomic E-state index is 12.4. The zero-order chi connectivity index (χ0) is 14.2. The van der Waals surface area contributed by atoms with E-state index in [1.54, 1.807) is 0 Å². The van der Waals surface area contributed by atoms with Crippen molar-refractivity contribution in [2.45, 2.75) is 37.5 Å². The number of carbonyl (C=O) groups excluding carboxylic acids is 1. The smallest absolute Gasteiger partial charge is 0.263 e. The topological polar surface area (TPSA) is 59.6 Å². The van der Waals surface area contributed by atoms with Gasteiger partial charge in [-0.2, -0.15) is 0 Å². The van der Waals surface area contributed by atoms with Crippen molar-refractivity contribution in [3.63, 3.8) is 0 Å². The van der Waals surface area contributed by atoms with E-state index >= 15 is 0 Å². The molecule has 1 aromatic carbocycles. The van der Waals surface area contributed by atoms with Crippen molar-refractivity contribution in [2.24, 2.45) is 5.92 Å². The fourth-order valence-corrected chi connectivity index (χ4v) is 3.19. The molecule has 2 aliphatic heterocycles. The third-order valence-corrected chi connectivity index (χ3v) is 4.48. The Morgan fingerprint density at radius 1 is 1.24 bits per heavy atom. The molecule has 1 saturated carbocycles. The first-order valence-electron chi connectivity index (χ1n) is 7.73. The first-order valence-corrected chi connectivity index (χ1v) is 7.73. The number of para-hydroxylation sites is 2. The molecule has 2 heterocycles. The Kier molecular flexibility index (Phi) is 3.22. The van der Waals surface area contributed by atoms with Crippen LogP contribution in [0.5, 0.6) is 5.75 Å². The van der Waals surface area contributed by atoms with E-state index in [-0.39, 0.29) is 18.1 Å². The molecule has 112 valence electrons. The van der Waals surface area contributed by atoms with Gasteiger partial charge in [-0.1, -0.05) is 12.1 Å². The molecule has 4 rings (SSSR count). The van der Waals surface area contributed by atoms with E-state index in [1.165, 1.54) is 12.8 Å². The lowest BCUT2D eigenvalue weighted by molar-refractivity contribution is -0.128. The average Bonchev–Trinajstić information content (AvgIpc) is 3.27. The Labute approximate surface area is 124 Å². The Balaban J connectivity index is 1.39. The highest BCUT2D eigenvalue weighted by Crippen LogP contribution is 2.38. The Morgan fingerprint density at radius 3 is 2.95 bits per heavy atom. The van der Waals surface area contributed by atoms with E-state index in [4.69, 9.17) is 9.47 Å². The number of hydrogen-bond donors (Lipinski definition) is 2. The van der Waals surface area contributed by atoms with Crippen LogP contribution in [-0.4, -0.2) is 37.3 Å². The molecule has 2 N–H and O–H groups in total. The summed E-state index contributed by atoms with van der Waals surface area (Å²) < 4.78 is 11.6. The van der Waals surface area contributed by atoms with E-state index in [0.29, 0.717) is 12.5 Å². The predicted octanol–water partition coefficient (Wildman–Crippen LogP) is 1.54. The molecule has 3 aliphatic rings. The minimum atomic E-state index is -0.472. The monoisotopic (exact) mass is 288 g/mol. The molecule has 5 nitrogen and oxygen atoms in total. The van der Waals surface area contributed by atoms with Gasteiger partial charge in [-0.25, -0.2) is 0 Å². The lowest BCUT2D eigenvalue weighted by Gasteiger charge is -2.28. The van der Waals surface area contributed by atoms with Gasteiger partial charge in [0.1, 0.15) is 5.75 Å². The van der Waals surface area contributed by atoms with E-state index < -0.39 is 6.10 Å². The van der Waals surface area contributed by atoms with E-state index in [1.807, 2.05) is 24.3 Å². The quantitative estimate of drug-likeness (QED) is 0.886. The Bertz CT molecular complexity index is 544. The van der Waals surface area contributed by atoms with Crippen LogP contribution in [-0.2, 0) is 9.53 Å². The summed E-state index contributed by atoms with van der Waals surface area (Å²) in [5.41, 5.74) is 0.946. The van der Waals surface area contributed by atoms with E-state index in [0.717, 1.165) is 24.5 Å². The molecule has 1 amide bonds. The highest BCUT2D eigenvalue weighted by molar-refractivity contribution is 5.83. The molecule has 3 unspecified atom stereocenters. The zero-order valence-corrected chi connectivity index (χ0v) is 11.9. The summed E-state index contributed by atoms with van der Waals surface area (Å²) in [4.78, 5) is 12.4. The molecule has 2 fully saturated rings. The fourth-order valence-electron chi connectivity index (χ4n) is 3.19. The molecule has 0 bridgehead atoms. The second-order valence-electron chi connectivity index (χ2n) is 6.06. The van der Waals surface area contributed by atoms with Crippen LogP contribution in [0.4, 0.5) is 5.69 Å². The summed E-state index contributed by atoms with van der Waals surface area (Å²) in [5, 5.41) is 6.37. The summed E-state index contributed by atoms with van der Waals surface area (Å²) in [6, 6.07) is 7.84. The standard InChI is InChI=1S/C16H20N2O3/c19-16(18-12-7-8-20-15(12)10-5-6-10)14-9-17-11-3-1-2-4-13(11)21-14/h1-4,10,12,14-15,17H,5-9H2,(H,18,19). The first-order chi connectivity index (χ1) is 10.3. The van der Waals surface area contributed by atoms with Crippen LogP contribution >= 0.6 is 0 Å². The third-order valence-electron chi connectivity index (χ3n) is 4.48. The maximum Gasteiger partial charge on any atom is 0.263 e. The summed E-state index contributed by atoms with van der Waals surface area (Å²) in [5.74, 6) is 1.34. The number of carbonyl (C=O) groups is 1. The SMILES string of the molecule is O=C(NC1CCOC1C1CC1)C1CNc2ccccc2O1. The van der Waals surface area contributed by atoms with Gasteiger partial charge in [-0.05, 0) is 37.3 Å². The van der Waals surface area contributed by atoms with E-state index in [9.17, 15) is 4.79 Å². The average molecular weight is 288 g/mol. The van der Waals surface area contributed by atoms with E-state index in [2.05, 4.69) is 10.6 Å². The molecule has 1 aromatic rings. The summed E-state index contributed by atoms with van der Waals surface area (Å²) >= 11 is 0. The fraction of sp³-hybridized carbons (Fsp3) is 0.562. The number of amides is 1. The lowest BCUT2D eigenvalue weighted by atomic mass is 10.1. The number of fused-ring (bicyclic) bond motifs is 1. The van der Waals surface area contributed by atoms with Gasteiger partial charge in [0, 0.05) is 6.61 Å². The summed E-state index contributed by atoms with van der Waals surface area (Å²) in [6.07, 6.45) is 3.10. The van der Waals surface area contributed by atoms with Crippen molar-refractivity contribution in [3.05, 3.63) is 24.3 Å². The molecular weight excluding hydrogens is 268 g/mol. The summed E-state index contributed by atoms with van der Waals surface area (Å²) in [6.45, 7) is 1.25. The van der Waals surface area contributed by atoms with Gasteiger partial charge in [-0.3, -0.25) is 4.79 Å². The van der Waals surface area contributed by atoms with Crippen LogP contribution in [0.3, 0.4) is 0 Å². The van der Waals surface area contributed by atoms with Crippen molar-refractivity contribution in [1.29, 1.82) is 0 Å². The zero-order valence-electron chi connectivity index (χ0n) is 11.9. The van der Waals surface area contributed by atoms with Gasteiger partial charge < -0.3 is 20.1 Å². The van der Waals surface area contributed by atoms with Crippen LogP contribution in [0.25, 0.3) is 0 Å². The van der Waals surface area contributed by atoms with Crippen LogP contribution < -0.4 is 15.4 Å². The molecule has 1 saturated heterocycles. The number of anilines is 1. The molecule has 5 heteroatoms. The van der Waals surface area contributed by atoms with Gasteiger partial charge >= 0.3 is 0 Å².